The number of carbonyl (C=O) groups excluding carboxylic acids is 2. The molecule has 1 N–H and O–H groups in total. The predicted octanol–water partition coefficient (Wildman–Crippen LogP) is 1.50. The van der Waals surface area contributed by atoms with E-state index in [1.807, 2.05) is 18.2 Å². The molecule has 1 heterocycles. The molecule has 2 aromatic rings. The number of nitrogens with zero attached hydrogens (tertiary/aromatic N) is 2. The Bertz CT molecular complexity index is 702. The minimum Gasteiger partial charge on any atom is -0.452 e. The lowest BCUT2D eigenvalue weighted by molar-refractivity contribution is -0.124. The number of esters is 1. The first-order chi connectivity index (χ1) is 11.6. The highest BCUT2D eigenvalue weighted by Crippen LogP contribution is 2.16. The highest BCUT2D eigenvalue weighted by atomic mass is 35.5. The summed E-state index contributed by atoms with van der Waals surface area (Å²) in [5.74, 6) is -0.994. The number of aromatic nitrogens is 2. The molecule has 0 bridgehead atoms. The quantitative estimate of drug-likeness (QED) is 0.575. The molecule has 2 rings (SSSR count). The summed E-state index contributed by atoms with van der Waals surface area (Å²) in [5, 5.41) is 7.29. The van der Waals surface area contributed by atoms with Gasteiger partial charge < -0.3 is 14.8 Å². The van der Waals surface area contributed by atoms with Crippen molar-refractivity contribution in [2.24, 2.45) is 0 Å². The van der Waals surface area contributed by atoms with Gasteiger partial charge in [-0.3, -0.25) is 9.48 Å². The molecular formula is C16H18ClN3O4. The van der Waals surface area contributed by atoms with Gasteiger partial charge in [-0.1, -0.05) is 29.8 Å². The van der Waals surface area contributed by atoms with Crippen molar-refractivity contribution in [1.82, 2.24) is 15.1 Å². The Kier molecular flexibility index (Phi) is 6.77. The van der Waals surface area contributed by atoms with Crippen LogP contribution in [0.3, 0.4) is 0 Å². The van der Waals surface area contributed by atoms with Crippen LogP contribution >= 0.6 is 11.6 Å². The lowest BCUT2D eigenvalue weighted by atomic mass is 10.2. The normalized spacial score (nSPS) is 10.4. The maximum atomic E-state index is 11.9. The van der Waals surface area contributed by atoms with E-state index in [2.05, 4.69) is 10.4 Å². The Morgan fingerprint density at radius 2 is 2.12 bits per heavy atom. The van der Waals surface area contributed by atoms with Crippen LogP contribution in [0.15, 0.2) is 36.7 Å². The molecular weight excluding hydrogens is 334 g/mol. The third-order valence-corrected chi connectivity index (χ3v) is 3.49. The Labute approximate surface area is 144 Å². The van der Waals surface area contributed by atoms with Crippen molar-refractivity contribution >= 4 is 23.5 Å². The summed E-state index contributed by atoms with van der Waals surface area (Å²) in [5.41, 5.74) is 1.16. The van der Waals surface area contributed by atoms with E-state index < -0.39 is 5.97 Å². The average molecular weight is 352 g/mol. The van der Waals surface area contributed by atoms with Crippen LogP contribution in [0.5, 0.6) is 0 Å². The van der Waals surface area contributed by atoms with Crippen LogP contribution < -0.4 is 5.32 Å². The van der Waals surface area contributed by atoms with Crippen molar-refractivity contribution in [2.45, 2.75) is 6.54 Å². The predicted molar refractivity (Wildman–Crippen MR) is 87.9 cm³/mol. The van der Waals surface area contributed by atoms with Gasteiger partial charge in [0, 0.05) is 24.9 Å². The Morgan fingerprint density at radius 3 is 2.88 bits per heavy atom. The zero-order chi connectivity index (χ0) is 17.4. The van der Waals surface area contributed by atoms with Crippen molar-refractivity contribution in [1.29, 1.82) is 0 Å². The summed E-state index contributed by atoms with van der Waals surface area (Å²) in [6, 6.07) is 7.39. The molecule has 0 radical (unpaired) electrons. The molecule has 0 fully saturated rings. The van der Waals surface area contributed by atoms with E-state index in [0.29, 0.717) is 24.7 Å². The van der Waals surface area contributed by atoms with E-state index in [1.165, 1.54) is 13.3 Å². The molecule has 0 saturated heterocycles. The van der Waals surface area contributed by atoms with Gasteiger partial charge in [-0.05, 0) is 11.6 Å². The van der Waals surface area contributed by atoms with Crippen LogP contribution in [0.25, 0.3) is 0 Å². The number of hydrogen-bond donors (Lipinski definition) is 1. The molecule has 1 amide bonds. The van der Waals surface area contributed by atoms with Crippen LogP contribution in [0, 0.1) is 0 Å². The van der Waals surface area contributed by atoms with E-state index in [4.69, 9.17) is 21.1 Å². The maximum Gasteiger partial charge on any atom is 0.341 e. The first-order valence-corrected chi connectivity index (χ1v) is 7.66. The number of benzene rings is 1. The van der Waals surface area contributed by atoms with Gasteiger partial charge in [0.1, 0.15) is 0 Å². The third-order valence-electron chi connectivity index (χ3n) is 3.12. The van der Waals surface area contributed by atoms with Crippen LogP contribution in [0.4, 0.5) is 0 Å². The van der Waals surface area contributed by atoms with E-state index >= 15 is 0 Å². The fourth-order valence-electron chi connectivity index (χ4n) is 1.91. The molecule has 128 valence electrons. The average Bonchev–Trinajstić information content (AvgIpc) is 3.04. The fraction of sp³-hybridized carbons (Fsp3) is 0.312. The fourth-order valence-corrected chi connectivity index (χ4v) is 2.11. The summed E-state index contributed by atoms with van der Waals surface area (Å²) in [7, 11) is 1.53. The highest BCUT2D eigenvalue weighted by Gasteiger charge is 2.13. The Hall–Kier alpha value is -2.38. The van der Waals surface area contributed by atoms with Gasteiger partial charge >= 0.3 is 5.97 Å². The number of hydrogen-bond acceptors (Lipinski definition) is 5. The van der Waals surface area contributed by atoms with Crippen molar-refractivity contribution in [2.75, 3.05) is 26.9 Å². The first kappa shape index (κ1) is 18.0. The van der Waals surface area contributed by atoms with Crippen molar-refractivity contribution in [3.8, 4) is 0 Å². The molecule has 0 spiro atoms. The molecule has 0 aliphatic heterocycles. The number of carbonyl (C=O) groups is 2. The maximum absolute atomic E-state index is 11.9. The van der Waals surface area contributed by atoms with E-state index in [9.17, 15) is 9.59 Å². The Morgan fingerprint density at radius 1 is 1.33 bits per heavy atom. The number of nitrogens with one attached hydrogen (secondary N) is 1. The van der Waals surface area contributed by atoms with Crippen LogP contribution in [0.2, 0.25) is 5.02 Å². The first-order valence-electron chi connectivity index (χ1n) is 7.28. The topological polar surface area (TPSA) is 82.4 Å². The second-order valence-electron chi connectivity index (χ2n) is 4.94. The molecule has 0 aliphatic rings. The zero-order valence-corrected chi connectivity index (χ0v) is 14.0. The minimum absolute atomic E-state index is 0.270. The van der Waals surface area contributed by atoms with Crippen molar-refractivity contribution < 1.29 is 19.1 Å². The Balaban J connectivity index is 1.85. The van der Waals surface area contributed by atoms with Gasteiger partial charge in [0.15, 0.2) is 6.61 Å². The van der Waals surface area contributed by atoms with Gasteiger partial charge in [0.25, 0.3) is 5.91 Å². The van der Waals surface area contributed by atoms with E-state index in [-0.39, 0.29) is 18.1 Å². The second kappa shape index (κ2) is 9.05. The van der Waals surface area contributed by atoms with E-state index in [0.717, 1.165) is 5.56 Å². The SMILES string of the molecule is COCCNC(=O)COC(=O)c1cnn(Cc2ccccc2Cl)c1. The standard InChI is InChI=1S/C16H18ClN3O4/c1-23-7-6-18-15(21)11-24-16(22)13-8-19-20(10-13)9-12-4-2-3-5-14(12)17/h2-5,8,10H,6-7,9,11H2,1H3,(H,18,21). The molecule has 0 saturated carbocycles. The molecule has 1 aromatic carbocycles. The molecule has 0 aliphatic carbocycles. The minimum atomic E-state index is -0.609. The van der Waals surface area contributed by atoms with Gasteiger partial charge in [0.05, 0.1) is 24.9 Å². The summed E-state index contributed by atoms with van der Waals surface area (Å²) in [4.78, 5) is 23.4. The molecule has 1 aromatic heterocycles. The molecule has 24 heavy (non-hydrogen) atoms. The van der Waals surface area contributed by atoms with Crippen molar-refractivity contribution in [3.05, 3.63) is 52.8 Å². The summed E-state index contributed by atoms with van der Waals surface area (Å²) < 4.78 is 11.3. The highest BCUT2D eigenvalue weighted by molar-refractivity contribution is 6.31. The number of methoxy groups -OCH3 is 1. The van der Waals surface area contributed by atoms with Gasteiger partial charge in [-0.15, -0.1) is 0 Å². The smallest absolute Gasteiger partial charge is 0.341 e. The summed E-state index contributed by atoms with van der Waals surface area (Å²) >= 11 is 6.09. The van der Waals surface area contributed by atoms with E-state index in [1.54, 1.807) is 16.9 Å². The van der Waals surface area contributed by atoms with Gasteiger partial charge in [-0.25, -0.2) is 4.79 Å². The monoisotopic (exact) mass is 351 g/mol. The zero-order valence-electron chi connectivity index (χ0n) is 13.2. The van der Waals surface area contributed by atoms with Crippen LogP contribution in [-0.2, 0) is 20.8 Å². The molecule has 0 atom stereocenters. The summed E-state index contributed by atoms with van der Waals surface area (Å²) in [6.45, 7) is 0.847. The number of amides is 1. The lowest BCUT2D eigenvalue weighted by Gasteiger charge is -2.05. The van der Waals surface area contributed by atoms with Crippen molar-refractivity contribution in [3.63, 3.8) is 0 Å². The number of rotatable bonds is 8. The molecule has 0 unspecified atom stereocenters. The third kappa shape index (κ3) is 5.36. The van der Waals surface area contributed by atoms with Crippen LogP contribution in [-0.4, -0.2) is 48.5 Å². The van der Waals surface area contributed by atoms with Gasteiger partial charge in [-0.2, -0.15) is 5.10 Å². The van der Waals surface area contributed by atoms with Crippen LogP contribution in [0.1, 0.15) is 15.9 Å². The lowest BCUT2D eigenvalue weighted by Crippen LogP contribution is -2.31. The molecule has 7 nitrogen and oxygen atoms in total. The number of ether oxygens (including phenoxy) is 2. The summed E-state index contributed by atoms with van der Waals surface area (Å²) in [6.07, 6.45) is 2.94. The number of halogens is 1. The molecule has 8 heteroatoms. The second-order valence-corrected chi connectivity index (χ2v) is 5.34. The van der Waals surface area contributed by atoms with Gasteiger partial charge in [0.2, 0.25) is 0 Å². The largest absolute Gasteiger partial charge is 0.452 e.